The van der Waals surface area contributed by atoms with E-state index in [-0.39, 0.29) is 29.7 Å². The first-order valence-electron chi connectivity index (χ1n) is 8.87. The Balaban J connectivity index is 2.36. The molecule has 0 saturated heterocycles. The molecule has 1 heterocycles. The maximum absolute atomic E-state index is 13.4. The lowest BCUT2D eigenvalue weighted by atomic mass is 9.99. The van der Waals surface area contributed by atoms with Crippen molar-refractivity contribution < 1.29 is 61.8 Å². The van der Waals surface area contributed by atoms with Crippen LogP contribution in [0.25, 0.3) is 6.08 Å². The van der Waals surface area contributed by atoms with E-state index in [9.17, 15) is 42.6 Å². The van der Waals surface area contributed by atoms with Crippen LogP contribution in [0.5, 0.6) is 5.75 Å². The number of hydrogen-bond donors (Lipinski definition) is 1. The van der Waals surface area contributed by atoms with E-state index in [1.165, 1.54) is 7.05 Å². The third kappa shape index (κ3) is 6.52. The van der Waals surface area contributed by atoms with E-state index in [2.05, 4.69) is 19.6 Å². The number of esters is 1. The summed E-state index contributed by atoms with van der Waals surface area (Å²) in [5, 5.41) is 23.7. The van der Waals surface area contributed by atoms with Gasteiger partial charge in [-0.05, 0) is 30.7 Å². The Morgan fingerprint density at radius 3 is 2.44 bits per heavy atom. The largest absolute Gasteiger partial charge is 0.569 e. The first-order valence-corrected chi connectivity index (χ1v) is 10.8. The first-order chi connectivity index (χ1) is 15.2. The predicted molar refractivity (Wildman–Crippen MR) is 98.8 cm³/mol. The number of nitrogens with zero attached hydrogens (tertiary/aromatic N) is 3. The van der Waals surface area contributed by atoms with E-state index in [0.29, 0.717) is 0 Å². The summed E-state index contributed by atoms with van der Waals surface area (Å²) in [6.45, 7) is -0.983. The second kappa shape index (κ2) is 8.33. The van der Waals surface area contributed by atoms with Crippen molar-refractivity contribution in [1.29, 1.82) is 0 Å². The van der Waals surface area contributed by atoms with Crippen LogP contribution < -0.4 is 4.74 Å². The SMILES string of the molecule is Cc1cc(S(F)(F)(F)(F)F)cc2c1O[C@H](C(F)(F)F)C(C(=O)OCO/N=[N+](\[O-])N(C)CCO)=C2. The van der Waals surface area contributed by atoms with Gasteiger partial charge in [-0.1, -0.05) is 19.4 Å². The molecule has 1 N–H and O–H groups in total. The first kappa shape index (κ1) is 27.2. The zero-order chi connectivity index (χ0) is 26.2. The molecule has 0 fully saturated rings. The summed E-state index contributed by atoms with van der Waals surface area (Å²) in [5.74, 6) is -2.58. The van der Waals surface area contributed by atoms with Crippen LogP contribution in [0.1, 0.15) is 11.1 Å². The average Bonchev–Trinajstić information content (AvgIpc) is 2.67. The highest BCUT2D eigenvalue weighted by Crippen LogP contribution is 3.02. The normalized spacial score (nSPS) is 18.6. The Morgan fingerprint density at radius 2 is 1.91 bits per heavy atom. The van der Waals surface area contributed by atoms with E-state index >= 15 is 0 Å². The van der Waals surface area contributed by atoms with Gasteiger partial charge in [-0.25, -0.2) is 4.79 Å². The van der Waals surface area contributed by atoms with Crippen LogP contribution in [0, 0.1) is 12.1 Å². The number of benzene rings is 1. The molecule has 0 amide bonds. The van der Waals surface area contributed by atoms with Crippen LogP contribution in [0.3, 0.4) is 0 Å². The molecule has 1 aromatic carbocycles. The maximum atomic E-state index is 13.4. The number of aliphatic hydroxyl groups excluding tert-OH is 1. The molecule has 0 unspecified atom stereocenters. The number of ether oxygens (including phenoxy) is 2. The Bertz CT molecular complexity index is 1030. The zero-order valence-corrected chi connectivity index (χ0v) is 18.0. The monoisotopic (exact) mass is 531 g/mol. The van der Waals surface area contributed by atoms with Crippen LogP contribution in [0.2, 0.25) is 0 Å². The van der Waals surface area contributed by atoms with Crippen molar-refractivity contribution in [2.24, 2.45) is 5.28 Å². The molecule has 9 nitrogen and oxygen atoms in total. The minimum absolute atomic E-state index is 0.0528. The van der Waals surface area contributed by atoms with Gasteiger partial charge >= 0.3 is 22.4 Å². The van der Waals surface area contributed by atoms with Crippen LogP contribution in [0.15, 0.2) is 27.9 Å². The van der Waals surface area contributed by atoms with Gasteiger partial charge in [-0.15, -0.1) is 5.01 Å². The molecule has 1 aromatic rings. The van der Waals surface area contributed by atoms with Crippen LogP contribution >= 0.6 is 10.2 Å². The van der Waals surface area contributed by atoms with E-state index in [4.69, 9.17) is 5.11 Å². The molecule has 1 aliphatic rings. The van der Waals surface area contributed by atoms with Crippen molar-refractivity contribution in [3.63, 3.8) is 0 Å². The number of carbonyl (C=O) groups is 1. The molecule has 0 bridgehead atoms. The van der Waals surface area contributed by atoms with E-state index in [0.717, 1.165) is 11.9 Å². The van der Waals surface area contributed by atoms with Crippen molar-refractivity contribution >= 4 is 22.3 Å². The van der Waals surface area contributed by atoms with Crippen molar-refractivity contribution in [3.05, 3.63) is 34.0 Å². The fourth-order valence-electron chi connectivity index (χ4n) is 2.62. The lowest BCUT2D eigenvalue weighted by Crippen LogP contribution is -2.41. The Labute approximate surface area is 186 Å². The number of hydrazine groups is 1. The predicted octanol–water partition coefficient (Wildman–Crippen LogP) is 4.59. The van der Waals surface area contributed by atoms with Gasteiger partial charge < -0.3 is 24.6 Å². The smallest absolute Gasteiger partial charge is 0.430 e. The van der Waals surface area contributed by atoms with E-state index < -0.39 is 69.2 Å². The average molecular weight is 531 g/mol. The Hall–Kier alpha value is -3.02. The van der Waals surface area contributed by atoms with Crippen molar-refractivity contribution in [1.82, 2.24) is 5.01 Å². The van der Waals surface area contributed by atoms with Gasteiger partial charge in [0.05, 0.1) is 30.7 Å². The van der Waals surface area contributed by atoms with Gasteiger partial charge in [-0.2, -0.15) is 13.2 Å². The quantitative estimate of drug-likeness (QED) is 0.0995. The molecule has 0 aliphatic carbocycles. The summed E-state index contributed by atoms with van der Waals surface area (Å²) < 4.78 is 115. The van der Waals surface area contributed by atoms with Gasteiger partial charge in [0.1, 0.15) is 10.6 Å². The summed E-state index contributed by atoms with van der Waals surface area (Å²) in [5.41, 5.74) is -2.90. The number of alkyl halides is 3. The minimum atomic E-state index is -10.2. The number of aliphatic hydroxyl groups is 1. The summed E-state index contributed by atoms with van der Waals surface area (Å²) in [7, 11) is -9.03. The molecular formula is C16H17F8N3O6S. The molecule has 34 heavy (non-hydrogen) atoms. The highest BCUT2D eigenvalue weighted by molar-refractivity contribution is 8.45. The zero-order valence-electron chi connectivity index (χ0n) is 17.2. The van der Waals surface area contributed by atoms with Gasteiger partial charge in [0.25, 0.3) is 6.79 Å². The molecular weight excluding hydrogens is 514 g/mol. The fourth-order valence-corrected chi connectivity index (χ4v) is 3.37. The third-order valence-corrected chi connectivity index (χ3v) is 5.30. The number of rotatable bonds is 8. The number of halogens is 8. The van der Waals surface area contributed by atoms with Gasteiger partial charge in [0.15, 0.2) is 0 Å². The van der Waals surface area contributed by atoms with Crippen LogP contribution in [-0.4, -0.2) is 60.3 Å². The highest BCUT2D eigenvalue weighted by Gasteiger charge is 2.65. The number of aryl methyl sites for hydroxylation is 1. The number of hydrogen-bond acceptors (Lipinski definition) is 7. The highest BCUT2D eigenvalue weighted by atomic mass is 32.5. The Morgan fingerprint density at radius 1 is 1.29 bits per heavy atom. The summed E-state index contributed by atoms with van der Waals surface area (Å²) in [4.78, 5) is 13.9. The maximum Gasteiger partial charge on any atom is 0.430 e. The summed E-state index contributed by atoms with van der Waals surface area (Å²) in [6.07, 6.45) is -7.97. The Kier molecular flexibility index (Phi) is 6.67. The number of carbonyl (C=O) groups excluding carboxylic acids is 1. The summed E-state index contributed by atoms with van der Waals surface area (Å²) in [6, 6.07) is -0.190. The third-order valence-electron chi connectivity index (χ3n) is 4.17. The van der Waals surface area contributed by atoms with Gasteiger partial charge in [0.2, 0.25) is 11.4 Å². The summed E-state index contributed by atoms with van der Waals surface area (Å²) >= 11 is 0. The van der Waals surface area contributed by atoms with Crippen molar-refractivity contribution in [2.45, 2.75) is 24.1 Å². The fraction of sp³-hybridized carbons (Fsp3) is 0.438. The molecule has 0 saturated carbocycles. The molecule has 0 spiro atoms. The van der Waals surface area contributed by atoms with Crippen LogP contribution in [0.4, 0.5) is 32.6 Å². The molecule has 1 atom stereocenters. The number of fused-ring (bicyclic) bond motifs is 1. The van der Waals surface area contributed by atoms with Crippen molar-refractivity contribution in [3.8, 4) is 5.75 Å². The molecule has 2 rings (SSSR count). The topological polar surface area (TPSA) is 107 Å². The van der Waals surface area contributed by atoms with Crippen molar-refractivity contribution in [2.75, 3.05) is 27.0 Å². The minimum Gasteiger partial charge on any atom is -0.569 e. The lowest BCUT2D eigenvalue weighted by Gasteiger charge is -2.41. The van der Waals surface area contributed by atoms with E-state index in [1.54, 1.807) is 0 Å². The molecule has 1 aliphatic heterocycles. The molecule has 194 valence electrons. The van der Waals surface area contributed by atoms with E-state index in [1.807, 2.05) is 0 Å². The second-order valence-corrected chi connectivity index (χ2v) is 9.29. The molecule has 0 radical (unpaired) electrons. The van der Waals surface area contributed by atoms with Gasteiger partial charge in [-0.3, -0.25) is 0 Å². The van der Waals surface area contributed by atoms with Crippen LogP contribution in [-0.2, 0) is 14.4 Å². The standard InChI is InChI=1S/C16H17F8N3O6S/c1-9-5-11(34(20,21,22,23)24)6-10-7-12(14(16(17,18)19)33-13(9)10)15(29)31-8-32-25-27(30)26(2)3-4-28/h5-7,14,28H,3-4,8H2,1-2H3/b27-25-/t14-/m0/s1. The molecule has 18 heteroatoms. The lowest BCUT2D eigenvalue weighted by molar-refractivity contribution is -0.706. The molecule has 0 aromatic heterocycles. The number of likely N-dealkylation sites (N-methyl/N-ethyl adjacent to an activating group) is 1. The van der Waals surface area contributed by atoms with Gasteiger partial charge in [0, 0.05) is 5.56 Å². The second-order valence-electron chi connectivity index (χ2n) is 6.88.